The summed E-state index contributed by atoms with van der Waals surface area (Å²) in [5.74, 6) is -0.128. The van der Waals surface area contributed by atoms with Gasteiger partial charge in [-0.3, -0.25) is 4.72 Å². The molecule has 6 nitrogen and oxygen atoms in total. The van der Waals surface area contributed by atoms with Crippen LogP contribution in [0.4, 0.5) is 10.5 Å². The van der Waals surface area contributed by atoms with E-state index in [2.05, 4.69) is 10.0 Å². The number of carbonyl (C=O) groups is 1. The van der Waals surface area contributed by atoms with Crippen molar-refractivity contribution in [2.24, 2.45) is 0 Å². The molecule has 1 heterocycles. The normalized spacial score (nSPS) is 17.0. The number of hydrogen-bond donors (Lipinski definition) is 2. The average molecular weight is 381 g/mol. The molecule has 0 saturated carbocycles. The standard InChI is InChI=1S/C17H17ClN2O4S/c18-14-5-1-13(2-6-14)11-25(22,23)20-15-7-3-12(4-8-15)9-16-10-24-17(21)19-16/h1-8,16,20H,9-11H2,(H,19,21)/t16-/m0/s1. The van der Waals surface area contributed by atoms with Gasteiger partial charge in [0.25, 0.3) is 0 Å². The molecule has 25 heavy (non-hydrogen) atoms. The molecule has 1 aliphatic rings. The summed E-state index contributed by atoms with van der Waals surface area (Å²) >= 11 is 5.80. The van der Waals surface area contributed by atoms with E-state index in [-0.39, 0.29) is 11.8 Å². The molecule has 1 amide bonds. The Morgan fingerprint density at radius 3 is 2.32 bits per heavy atom. The van der Waals surface area contributed by atoms with Crippen LogP contribution in [0.1, 0.15) is 11.1 Å². The number of anilines is 1. The number of ether oxygens (including phenoxy) is 1. The number of nitrogens with one attached hydrogen (secondary N) is 2. The van der Waals surface area contributed by atoms with Gasteiger partial charge in [0.2, 0.25) is 10.0 Å². The predicted molar refractivity (Wildman–Crippen MR) is 96.1 cm³/mol. The molecule has 8 heteroatoms. The van der Waals surface area contributed by atoms with Crippen molar-refractivity contribution in [3.63, 3.8) is 0 Å². The largest absolute Gasteiger partial charge is 0.447 e. The summed E-state index contributed by atoms with van der Waals surface area (Å²) in [7, 11) is -3.51. The Bertz CT molecular complexity index is 851. The summed E-state index contributed by atoms with van der Waals surface area (Å²) in [6.45, 7) is 0.342. The topological polar surface area (TPSA) is 84.5 Å². The van der Waals surface area contributed by atoms with Crippen molar-refractivity contribution in [1.29, 1.82) is 0 Å². The predicted octanol–water partition coefficient (Wildman–Crippen LogP) is 2.93. The highest BCUT2D eigenvalue weighted by Gasteiger charge is 2.22. The molecule has 0 radical (unpaired) electrons. The highest BCUT2D eigenvalue weighted by Crippen LogP contribution is 2.17. The van der Waals surface area contributed by atoms with Crippen LogP contribution in [-0.4, -0.2) is 27.2 Å². The first-order chi connectivity index (χ1) is 11.9. The van der Waals surface area contributed by atoms with Gasteiger partial charge in [-0.25, -0.2) is 13.2 Å². The van der Waals surface area contributed by atoms with Crippen molar-refractivity contribution in [1.82, 2.24) is 5.32 Å². The van der Waals surface area contributed by atoms with Crippen LogP contribution in [0.2, 0.25) is 5.02 Å². The summed E-state index contributed by atoms with van der Waals surface area (Å²) in [6, 6.07) is 13.7. The maximum atomic E-state index is 12.2. The fourth-order valence-corrected chi connectivity index (χ4v) is 3.87. The molecule has 132 valence electrons. The molecule has 0 aromatic heterocycles. The number of rotatable bonds is 6. The Balaban J connectivity index is 1.60. The summed E-state index contributed by atoms with van der Waals surface area (Å²) in [4.78, 5) is 11.0. The average Bonchev–Trinajstić information content (AvgIpc) is 2.96. The van der Waals surface area contributed by atoms with Gasteiger partial charge in [0.15, 0.2) is 0 Å². The van der Waals surface area contributed by atoms with Crippen molar-refractivity contribution in [3.8, 4) is 0 Å². The number of amides is 1. The van der Waals surface area contributed by atoms with Gasteiger partial charge in [-0.1, -0.05) is 35.9 Å². The lowest BCUT2D eigenvalue weighted by Gasteiger charge is -2.10. The molecule has 1 aliphatic heterocycles. The second-order valence-electron chi connectivity index (χ2n) is 5.83. The molecule has 0 bridgehead atoms. The fraction of sp³-hybridized carbons (Fsp3) is 0.235. The van der Waals surface area contributed by atoms with Crippen LogP contribution >= 0.6 is 11.6 Å². The summed E-state index contributed by atoms with van der Waals surface area (Å²) in [6.07, 6.45) is 0.223. The van der Waals surface area contributed by atoms with Gasteiger partial charge in [-0.2, -0.15) is 0 Å². The van der Waals surface area contributed by atoms with Crippen LogP contribution in [-0.2, 0) is 26.9 Å². The lowest BCUT2D eigenvalue weighted by Crippen LogP contribution is -2.28. The molecular weight excluding hydrogens is 364 g/mol. The molecule has 1 atom stereocenters. The van der Waals surface area contributed by atoms with Crippen molar-refractivity contribution >= 4 is 33.4 Å². The second kappa shape index (κ2) is 7.33. The molecule has 0 unspecified atom stereocenters. The number of sulfonamides is 1. The van der Waals surface area contributed by atoms with E-state index >= 15 is 0 Å². The minimum Gasteiger partial charge on any atom is -0.447 e. The maximum absolute atomic E-state index is 12.2. The van der Waals surface area contributed by atoms with Gasteiger partial charge >= 0.3 is 6.09 Å². The van der Waals surface area contributed by atoms with Gasteiger partial charge in [0, 0.05) is 10.7 Å². The third kappa shape index (κ3) is 5.11. The van der Waals surface area contributed by atoms with E-state index in [9.17, 15) is 13.2 Å². The van der Waals surface area contributed by atoms with Crippen LogP contribution in [0.5, 0.6) is 0 Å². The molecule has 0 spiro atoms. The quantitative estimate of drug-likeness (QED) is 0.806. The number of carbonyl (C=O) groups excluding carboxylic acids is 1. The molecule has 2 N–H and O–H groups in total. The molecule has 2 aromatic carbocycles. The lowest BCUT2D eigenvalue weighted by molar-refractivity contribution is 0.177. The Labute approximate surface area is 151 Å². The van der Waals surface area contributed by atoms with Gasteiger partial charge in [-0.15, -0.1) is 0 Å². The summed E-state index contributed by atoms with van der Waals surface area (Å²) in [5.41, 5.74) is 2.13. The minimum atomic E-state index is -3.51. The van der Waals surface area contributed by atoms with Gasteiger partial charge in [0.05, 0.1) is 11.8 Å². The van der Waals surface area contributed by atoms with Crippen LogP contribution in [0.25, 0.3) is 0 Å². The summed E-state index contributed by atoms with van der Waals surface area (Å²) in [5, 5.41) is 3.27. The van der Waals surface area contributed by atoms with E-state index in [1.54, 1.807) is 36.4 Å². The van der Waals surface area contributed by atoms with E-state index in [0.29, 0.717) is 29.3 Å². The number of benzene rings is 2. The Morgan fingerprint density at radius 2 is 1.72 bits per heavy atom. The van der Waals surface area contributed by atoms with E-state index in [4.69, 9.17) is 16.3 Å². The molecular formula is C17H17ClN2O4S. The second-order valence-corrected chi connectivity index (χ2v) is 7.99. The van der Waals surface area contributed by atoms with Crippen LogP contribution in [0.3, 0.4) is 0 Å². The van der Waals surface area contributed by atoms with E-state index in [1.807, 2.05) is 12.1 Å². The zero-order valence-electron chi connectivity index (χ0n) is 13.2. The zero-order chi connectivity index (χ0) is 17.9. The smallest absolute Gasteiger partial charge is 0.407 e. The van der Waals surface area contributed by atoms with Crippen molar-refractivity contribution in [2.45, 2.75) is 18.2 Å². The number of cyclic esters (lactones) is 1. The van der Waals surface area contributed by atoms with Crippen molar-refractivity contribution in [2.75, 3.05) is 11.3 Å². The number of alkyl carbamates (subject to hydrolysis) is 1. The van der Waals surface area contributed by atoms with Crippen LogP contribution in [0.15, 0.2) is 48.5 Å². The molecule has 0 aliphatic carbocycles. The SMILES string of the molecule is O=C1N[C@@H](Cc2ccc(NS(=O)(=O)Cc3ccc(Cl)cc3)cc2)CO1. The summed E-state index contributed by atoms with van der Waals surface area (Å²) < 4.78 is 31.9. The molecule has 1 fully saturated rings. The number of halogens is 1. The zero-order valence-corrected chi connectivity index (χ0v) is 14.8. The third-order valence-electron chi connectivity index (χ3n) is 3.72. The minimum absolute atomic E-state index is 0.0556. The van der Waals surface area contributed by atoms with Crippen LogP contribution in [0, 0.1) is 0 Å². The first kappa shape index (κ1) is 17.6. The Morgan fingerprint density at radius 1 is 1.08 bits per heavy atom. The van der Waals surface area contributed by atoms with E-state index < -0.39 is 16.1 Å². The molecule has 3 rings (SSSR count). The maximum Gasteiger partial charge on any atom is 0.407 e. The Kier molecular flexibility index (Phi) is 5.15. The monoisotopic (exact) mass is 380 g/mol. The van der Waals surface area contributed by atoms with Gasteiger partial charge < -0.3 is 10.1 Å². The lowest BCUT2D eigenvalue weighted by atomic mass is 10.1. The molecule has 1 saturated heterocycles. The van der Waals surface area contributed by atoms with Crippen molar-refractivity contribution < 1.29 is 17.9 Å². The van der Waals surface area contributed by atoms with E-state index in [1.165, 1.54) is 0 Å². The van der Waals surface area contributed by atoms with Gasteiger partial charge in [0.1, 0.15) is 6.61 Å². The number of hydrogen-bond acceptors (Lipinski definition) is 4. The van der Waals surface area contributed by atoms with E-state index in [0.717, 1.165) is 5.56 Å². The Hall–Kier alpha value is -2.25. The highest BCUT2D eigenvalue weighted by atomic mass is 35.5. The highest BCUT2D eigenvalue weighted by molar-refractivity contribution is 7.91. The first-order valence-corrected chi connectivity index (χ1v) is 9.70. The van der Waals surface area contributed by atoms with Crippen molar-refractivity contribution in [3.05, 3.63) is 64.7 Å². The third-order valence-corrected chi connectivity index (χ3v) is 5.23. The molecule has 2 aromatic rings. The first-order valence-electron chi connectivity index (χ1n) is 7.67. The van der Waals surface area contributed by atoms with Crippen LogP contribution < -0.4 is 10.0 Å². The fourth-order valence-electron chi connectivity index (χ4n) is 2.55. The van der Waals surface area contributed by atoms with Gasteiger partial charge in [-0.05, 0) is 41.8 Å².